The van der Waals surface area contributed by atoms with Gasteiger partial charge in [0.1, 0.15) is 6.10 Å². The average molecular weight is 430 g/mol. The monoisotopic (exact) mass is 429 g/mol. The molecule has 8 heteroatoms. The highest BCUT2D eigenvalue weighted by atomic mass is 19.3. The third-order valence-electron chi connectivity index (χ3n) is 6.73. The number of carbonyl (C=O) groups excluding carboxylic acids is 3. The lowest BCUT2D eigenvalue weighted by atomic mass is 9.78. The molecule has 3 fully saturated rings. The maximum atomic E-state index is 13.6. The maximum Gasteiger partial charge on any atom is 0.311 e. The number of halogens is 2. The van der Waals surface area contributed by atoms with Crippen LogP contribution >= 0.6 is 0 Å². The zero-order valence-electron chi connectivity index (χ0n) is 19.0. The molecule has 170 valence electrons. The van der Waals surface area contributed by atoms with Crippen LogP contribution in [0.1, 0.15) is 61.8 Å². The van der Waals surface area contributed by atoms with Crippen LogP contribution in [0.5, 0.6) is 0 Å². The van der Waals surface area contributed by atoms with Crippen LogP contribution in [0.25, 0.3) is 0 Å². The Morgan fingerprint density at radius 1 is 1.07 bits per heavy atom. The van der Waals surface area contributed by atoms with E-state index in [4.69, 9.17) is 9.47 Å². The molecule has 3 rings (SSSR count). The number of rotatable bonds is 4. The van der Waals surface area contributed by atoms with Crippen molar-refractivity contribution in [1.29, 1.82) is 0 Å². The number of hydrogen-bond acceptors (Lipinski definition) is 5. The van der Waals surface area contributed by atoms with Gasteiger partial charge in [-0.1, -0.05) is 0 Å². The number of esters is 2. The molecule has 1 aliphatic heterocycles. The number of fused-ring (bicyclic) bond motifs is 1. The number of carbonyl (C=O) groups is 3. The molecule has 0 radical (unpaired) electrons. The van der Waals surface area contributed by atoms with E-state index < -0.39 is 58.8 Å². The van der Waals surface area contributed by atoms with E-state index in [9.17, 15) is 23.2 Å². The fourth-order valence-electron chi connectivity index (χ4n) is 5.22. The summed E-state index contributed by atoms with van der Waals surface area (Å²) >= 11 is 0. The van der Waals surface area contributed by atoms with E-state index in [1.807, 2.05) is 20.8 Å². The summed E-state index contributed by atoms with van der Waals surface area (Å²) in [4.78, 5) is 40.7. The van der Waals surface area contributed by atoms with Crippen LogP contribution in [0.3, 0.4) is 0 Å². The molecular weight excluding hydrogens is 396 g/mol. The number of ether oxygens (including phenoxy) is 2. The Hall–Kier alpha value is -1.73. The zero-order chi connectivity index (χ0) is 23.0. The molecule has 2 saturated carbocycles. The van der Waals surface area contributed by atoms with Crippen LogP contribution in [-0.2, 0) is 23.9 Å². The molecule has 2 aliphatic carbocycles. The van der Waals surface area contributed by atoms with Gasteiger partial charge in [-0.15, -0.1) is 0 Å². The van der Waals surface area contributed by atoms with Gasteiger partial charge in [0.05, 0.1) is 23.3 Å². The highest BCUT2D eigenvalue weighted by Gasteiger charge is 2.72. The van der Waals surface area contributed by atoms with E-state index in [0.29, 0.717) is 13.3 Å². The number of nitrogens with zero attached hydrogens (tertiary/aromatic N) is 1. The molecular formula is C22H33F2NO5. The van der Waals surface area contributed by atoms with Crippen LogP contribution in [0.15, 0.2) is 0 Å². The first kappa shape index (κ1) is 22.9. The van der Waals surface area contributed by atoms with Gasteiger partial charge >= 0.3 is 11.9 Å². The molecule has 0 spiro atoms. The first-order valence-electron chi connectivity index (χ1n) is 10.6. The van der Waals surface area contributed by atoms with Gasteiger partial charge in [0.2, 0.25) is 5.91 Å². The number of hydrogen-bond donors (Lipinski definition) is 0. The fraction of sp³-hybridized carbons (Fsp3) is 0.864. The molecule has 7 unspecified atom stereocenters. The van der Waals surface area contributed by atoms with E-state index in [2.05, 4.69) is 0 Å². The second kappa shape index (κ2) is 6.89. The minimum absolute atomic E-state index is 0.158. The predicted octanol–water partition coefficient (Wildman–Crippen LogP) is 3.42. The van der Waals surface area contributed by atoms with E-state index in [1.165, 1.54) is 0 Å². The van der Waals surface area contributed by atoms with Crippen LogP contribution < -0.4 is 0 Å². The van der Waals surface area contributed by atoms with Crippen LogP contribution in [0.4, 0.5) is 8.78 Å². The summed E-state index contributed by atoms with van der Waals surface area (Å²) in [5, 5.41) is 0. The summed E-state index contributed by atoms with van der Waals surface area (Å²) in [7, 11) is 0. The van der Waals surface area contributed by atoms with Gasteiger partial charge in [-0.3, -0.25) is 14.4 Å². The normalized spacial score (nSPS) is 34.3. The molecule has 2 bridgehead atoms. The smallest absolute Gasteiger partial charge is 0.311 e. The van der Waals surface area contributed by atoms with Crippen molar-refractivity contribution < 1.29 is 32.6 Å². The van der Waals surface area contributed by atoms with Crippen molar-refractivity contribution in [3.05, 3.63) is 0 Å². The number of alkyl halides is 2. The molecule has 0 N–H and O–H groups in total. The molecule has 30 heavy (non-hydrogen) atoms. The minimum Gasteiger partial charge on any atom is -0.459 e. The molecule has 3 aliphatic rings. The molecule has 7 atom stereocenters. The van der Waals surface area contributed by atoms with Crippen LogP contribution in [-0.4, -0.2) is 52.5 Å². The van der Waals surface area contributed by atoms with Crippen LogP contribution in [0, 0.1) is 29.1 Å². The third kappa shape index (κ3) is 3.60. The topological polar surface area (TPSA) is 72.9 Å². The Morgan fingerprint density at radius 3 is 2.10 bits per heavy atom. The van der Waals surface area contributed by atoms with Gasteiger partial charge in [-0.05, 0) is 60.8 Å². The largest absolute Gasteiger partial charge is 0.459 e. The van der Waals surface area contributed by atoms with Crippen LogP contribution in [0.2, 0.25) is 0 Å². The van der Waals surface area contributed by atoms with Crippen molar-refractivity contribution in [2.75, 3.05) is 0 Å². The van der Waals surface area contributed by atoms with E-state index in [0.717, 1.165) is 6.92 Å². The predicted molar refractivity (Wildman–Crippen MR) is 104 cm³/mol. The molecule has 6 nitrogen and oxygen atoms in total. The quantitative estimate of drug-likeness (QED) is 0.641. The van der Waals surface area contributed by atoms with Gasteiger partial charge in [0.15, 0.2) is 6.10 Å². The van der Waals surface area contributed by atoms with Gasteiger partial charge in [-0.25, -0.2) is 8.78 Å². The Kier molecular flexibility index (Phi) is 5.27. The molecule has 1 amide bonds. The molecule has 1 saturated heterocycles. The standard InChI is InChI=1S/C22H33F2NO5/c1-10(22(8,23)24)29-18(27)14-12-9-11-13(14)17(26)25(21(5,6)7)15(11)16(12)30-19(28)20(2,3)4/h10-16H,9H2,1-8H3. The maximum absolute atomic E-state index is 13.6. The first-order chi connectivity index (χ1) is 13.5. The molecule has 1 heterocycles. The molecule has 0 aromatic heterocycles. The summed E-state index contributed by atoms with van der Waals surface area (Å²) in [6.07, 6.45) is -1.73. The fourth-order valence-corrected chi connectivity index (χ4v) is 5.22. The molecule has 0 aromatic carbocycles. The van der Waals surface area contributed by atoms with Gasteiger partial charge in [0, 0.05) is 18.4 Å². The Morgan fingerprint density at radius 2 is 1.63 bits per heavy atom. The van der Waals surface area contributed by atoms with E-state index in [-0.39, 0.29) is 17.9 Å². The summed E-state index contributed by atoms with van der Waals surface area (Å²) in [5.74, 6) is -6.67. The van der Waals surface area contributed by atoms with Crippen molar-refractivity contribution in [2.24, 2.45) is 29.1 Å². The van der Waals surface area contributed by atoms with E-state index >= 15 is 0 Å². The summed E-state index contributed by atoms with van der Waals surface area (Å²) in [5.41, 5.74) is -1.27. The van der Waals surface area contributed by atoms with Crippen molar-refractivity contribution in [1.82, 2.24) is 4.90 Å². The highest BCUT2D eigenvalue weighted by Crippen LogP contribution is 2.61. The Labute approximate surface area is 176 Å². The van der Waals surface area contributed by atoms with Crippen molar-refractivity contribution in [3.8, 4) is 0 Å². The summed E-state index contributed by atoms with van der Waals surface area (Å²) in [6.45, 7) is 12.8. The lowest BCUT2D eigenvalue weighted by molar-refractivity contribution is -0.181. The van der Waals surface area contributed by atoms with Crippen molar-refractivity contribution >= 4 is 17.8 Å². The summed E-state index contributed by atoms with van der Waals surface area (Å²) in [6, 6.07) is -0.312. The number of likely N-dealkylation sites (tertiary alicyclic amines) is 1. The van der Waals surface area contributed by atoms with Crippen molar-refractivity contribution in [3.63, 3.8) is 0 Å². The Balaban J connectivity index is 1.95. The second-order valence-electron chi connectivity index (χ2n) is 11.1. The lowest BCUT2D eigenvalue weighted by Crippen LogP contribution is -2.53. The van der Waals surface area contributed by atoms with E-state index in [1.54, 1.807) is 25.7 Å². The Bertz CT molecular complexity index is 748. The first-order valence-corrected chi connectivity index (χ1v) is 10.6. The lowest BCUT2D eigenvalue weighted by Gasteiger charge is -2.40. The summed E-state index contributed by atoms with van der Waals surface area (Å²) < 4.78 is 38.2. The molecule has 0 aromatic rings. The van der Waals surface area contributed by atoms with Gasteiger partial charge in [0.25, 0.3) is 5.92 Å². The average Bonchev–Trinajstić information content (AvgIpc) is 3.14. The minimum atomic E-state index is -3.19. The SMILES string of the molecule is CC(OC(=O)C1C2CC3C1C(=O)N(C(C)(C)C)C3C2OC(=O)C(C)(C)C)C(C)(F)F. The highest BCUT2D eigenvalue weighted by molar-refractivity contribution is 5.91. The zero-order valence-corrected chi connectivity index (χ0v) is 19.0. The number of amides is 1. The third-order valence-corrected chi connectivity index (χ3v) is 6.73. The van der Waals surface area contributed by atoms with Gasteiger partial charge in [-0.2, -0.15) is 0 Å². The second-order valence-corrected chi connectivity index (χ2v) is 11.1. The van der Waals surface area contributed by atoms with Crippen molar-refractivity contribution in [2.45, 2.75) is 91.5 Å². The van der Waals surface area contributed by atoms with Gasteiger partial charge < -0.3 is 14.4 Å².